The molecule has 1 aromatic heterocycles. The number of aromatic hydroxyl groups is 1. The van der Waals surface area contributed by atoms with Gasteiger partial charge in [0.15, 0.2) is 4.90 Å². The standard InChI is InChI=1S/C25H16F2N2O3S2/c26-18-10-4-11-19(27)25(18)34(31,32)29-20-14-22(24(30)17-9-2-1-8-16(17)20)33-21-12-3-6-15-7-5-13-28-23(15)21/h1-14,29-30H. The number of hydrogen-bond acceptors (Lipinski definition) is 5. The molecule has 2 N–H and O–H groups in total. The van der Waals surface area contributed by atoms with Crippen molar-refractivity contribution in [2.75, 3.05) is 4.72 Å². The first-order valence-corrected chi connectivity index (χ1v) is 12.4. The van der Waals surface area contributed by atoms with Crippen LogP contribution in [0.5, 0.6) is 5.75 Å². The summed E-state index contributed by atoms with van der Waals surface area (Å²) in [5.74, 6) is -2.45. The summed E-state index contributed by atoms with van der Waals surface area (Å²) in [4.78, 5) is 4.44. The van der Waals surface area contributed by atoms with E-state index in [-0.39, 0.29) is 11.4 Å². The number of sulfonamides is 1. The lowest BCUT2D eigenvalue weighted by atomic mass is 10.1. The fraction of sp³-hybridized carbons (Fsp3) is 0. The zero-order chi connectivity index (χ0) is 23.9. The van der Waals surface area contributed by atoms with Crippen LogP contribution in [0, 0.1) is 11.6 Å². The number of phenolic OH excluding ortho intramolecular Hbond substituents is 1. The highest BCUT2D eigenvalue weighted by atomic mass is 32.2. The Balaban J connectivity index is 1.65. The maximum Gasteiger partial charge on any atom is 0.267 e. The summed E-state index contributed by atoms with van der Waals surface area (Å²) in [5, 5.41) is 12.6. The first-order valence-electron chi connectivity index (χ1n) is 10.1. The summed E-state index contributed by atoms with van der Waals surface area (Å²) in [7, 11) is -4.61. The topological polar surface area (TPSA) is 79.3 Å². The number of aromatic nitrogens is 1. The molecule has 34 heavy (non-hydrogen) atoms. The van der Waals surface area contributed by atoms with E-state index in [1.165, 1.54) is 17.8 Å². The van der Waals surface area contributed by atoms with Crippen LogP contribution in [0.3, 0.4) is 0 Å². The molecule has 0 fully saturated rings. The average Bonchev–Trinajstić information content (AvgIpc) is 2.82. The molecule has 5 aromatic rings. The minimum absolute atomic E-state index is 0.0476. The van der Waals surface area contributed by atoms with Crippen LogP contribution < -0.4 is 4.72 Å². The lowest BCUT2D eigenvalue weighted by Gasteiger charge is -2.16. The molecular weight excluding hydrogens is 478 g/mol. The van der Waals surface area contributed by atoms with Gasteiger partial charge in [0.1, 0.15) is 17.4 Å². The van der Waals surface area contributed by atoms with Crippen molar-refractivity contribution in [3.05, 3.63) is 96.7 Å². The summed E-state index contributed by atoms with van der Waals surface area (Å²) >= 11 is 1.21. The van der Waals surface area contributed by atoms with Gasteiger partial charge in [0.25, 0.3) is 10.0 Å². The number of pyridine rings is 1. The Morgan fingerprint density at radius 1 is 0.824 bits per heavy atom. The van der Waals surface area contributed by atoms with E-state index in [4.69, 9.17) is 0 Å². The fourth-order valence-electron chi connectivity index (χ4n) is 3.71. The Labute approximate surface area is 198 Å². The maximum atomic E-state index is 14.2. The summed E-state index contributed by atoms with van der Waals surface area (Å²) in [6, 6.07) is 20.2. The molecule has 0 aliphatic carbocycles. The molecule has 0 radical (unpaired) electrons. The van der Waals surface area contributed by atoms with Crippen LogP contribution in [0.4, 0.5) is 14.5 Å². The molecule has 0 spiro atoms. The normalized spacial score (nSPS) is 11.7. The molecule has 1 heterocycles. The molecule has 5 nitrogen and oxygen atoms in total. The number of rotatable bonds is 5. The third kappa shape index (κ3) is 3.93. The van der Waals surface area contributed by atoms with Gasteiger partial charge in [-0.2, -0.15) is 0 Å². The molecule has 0 bridgehead atoms. The zero-order valence-corrected chi connectivity index (χ0v) is 19.0. The number of fused-ring (bicyclic) bond motifs is 2. The number of para-hydroxylation sites is 1. The predicted octanol–water partition coefficient (Wildman–Crippen LogP) is 6.32. The molecule has 4 aromatic carbocycles. The van der Waals surface area contributed by atoms with Crippen molar-refractivity contribution in [1.82, 2.24) is 4.98 Å². The second kappa shape index (κ2) is 8.58. The number of phenols is 1. The SMILES string of the molecule is O=S(=O)(Nc1cc(Sc2cccc3cccnc23)c(O)c2ccccc12)c1c(F)cccc1F. The summed E-state index contributed by atoms with van der Waals surface area (Å²) in [6.45, 7) is 0. The van der Waals surface area contributed by atoms with Crippen LogP contribution in [0.1, 0.15) is 0 Å². The number of nitrogens with zero attached hydrogens (tertiary/aromatic N) is 1. The molecular formula is C25H16F2N2O3S2. The molecule has 0 aliphatic rings. The van der Waals surface area contributed by atoms with Crippen LogP contribution >= 0.6 is 11.8 Å². The highest BCUT2D eigenvalue weighted by Crippen LogP contribution is 2.44. The number of halogens is 2. The van der Waals surface area contributed by atoms with E-state index >= 15 is 0 Å². The van der Waals surface area contributed by atoms with Crippen LogP contribution in [-0.4, -0.2) is 18.5 Å². The first kappa shape index (κ1) is 22.1. The predicted molar refractivity (Wildman–Crippen MR) is 129 cm³/mol. The Kier molecular flexibility index (Phi) is 5.59. The van der Waals surface area contributed by atoms with Crippen LogP contribution in [0.2, 0.25) is 0 Å². The number of anilines is 1. The molecule has 170 valence electrons. The van der Waals surface area contributed by atoms with E-state index in [1.54, 1.807) is 30.5 Å². The third-order valence-corrected chi connectivity index (χ3v) is 7.73. The van der Waals surface area contributed by atoms with Gasteiger partial charge < -0.3 is 5.11 Å². The van der Waals surface area contributed by atoms with E-state index in [9.17, 15) is 22.3 Å². The van der Waals surface area contributed by atoms with Gasteiger partial charge in [-0.1, -0.05) is 60.3 Å². The lowest BCUT2D eigenvalue weighted by Crippen LogP contribution is -2.16. The Bertz CT molecular complexity index is 1650. The van der Waals surface area contributed by atoms with Crippen molar-refractivity contribution < 1.29 is 22.3 Å². The summed E-state index contributed by atoms with van der Waals surface area (Å²) in [5.41, 5.74) is 0.796. The third-order valence-electron chi connectivity index (χ3n) is 5.23. The summed E-state index contributed by atoms with van der Waals surface area (Å²) < 4.78 is 56.7. The smallest absolute Gasteiger partial charge is 0.267 e. The molecule has 5 rings (SSSR count). The van der Waals surface area contributed by atoms with E-state index in [2.05, 4.69) is 9.71 Å². The fourth-order valence-corrected chi connectivity index (χ4v) is 5.95. The van der Waals surface area contributed by atoms with Gasteiger partial charge in [-0.05, 0) is 30.3 Å². The quantitative estimate of drug-likeness (QED) is 0.279. The number of benzene rings is 4. The van der Waals surface area contributed by atoms with Gasteiger partial charge in [-0.3, -0.25) is 9.71 Å². The van der Waals surface area contributed by atoms with Gasteiger partial charge >= 0.3 is 0 Å². The zero-order valence-electron chi connectivity index (χ0n) is 17.4. The van der Waals surface area contributed by atoms with Crippen LogP contribution in [-0.2, 0) is 10.0 Å². The molecule has 0 saturated carbocycles. The van der Waals surface area contributed by atoms with E-state index in [0.29, 0.717) is 15.7 Å². The largest absolute Gasteiger partial charge is 0.506 e. The molecule has 9 heteroatoms. The lowest BCUT2D eigenvalue weighted by molar-refractivity contribution is 0.469. The Morgan fingerprint density at radius 2 is 1.50 bits per heavy atom. The second-order valence-corrected chi connectivity index (χ2v) is 10.1. The van der Waals surface area contributed by atoms with Gasteiger partial charge in [0.2, 0.25) is 0 Å². The van der Waals surface area contributed by atoms with Crippen LogP contribution in [0.15, 0.2) is 99.7 Å². The van der Waals surface area contributed by atoms with Crippen molar-refractivity contribution in [2.24, 2.45) is 0 Å². The van der Waals surface area contributed by atoms with Gasteiger partial charge in [0.05, 0.1) is 16.1 Å². The van der Waals surface area contributed by atoms with E-state index in [0.717, 1.165) is 34.0 Å². The average molecular weight is 495 g/mol. The molecule has 0 saturated heterocycles. The van der Waals surface area contributed by atoms with Crippen molar-refractivity contribution in [2.45, 2.75) is 14.7 Å². The molecule has 0 unspecified atom stereocenters. The van der Waals surface area contributed by atoms with Crippen LogP contribution in [0.25, 0.3) is 21.7 Å². The number of nitrogens with one attached hydrogen (secondary N) is 1. The van der Waals surface area contributed by atoms with Crippen molar-refractivity contribution in [3.8, 4) is 5.75 Å². The van der Waals surface area contributed by atoms with Gasteiger partial charge in [-0.15, -0.1) is 0 Å². The Hall–Kier alpha value is -3.69. The minimum atomic E-state index is -4.61. The maximum absolute atomic E-state index is 14.2. The van der Waals surface area contributed by atoms with Gasteiger partial charge in [-0.25, -0.2) is 17.2 Å². The monoisotopic (exact) mass is 494 g/mol. The van der Waals surface area contributed by atoms with E-state index < -0.39 is 26.6 Å². The van der Waals surface area contributed by atoms with Crippen molar-refractivity contribution in [3.63, 3.8) is 0 Å². The molecule has 0 aliphatic heterocycles. The van der Waals surface area contributed by atoms with Crippen molar-refractivity contribution >= 4 is 49.1 Å². The van der Waals surface area contributed by atoms with Gasteiger partial charge in [0, 0.05) is 27.3 Å². The summed E-state index contributed by atoms with van der Waals surface area (Å²) in [6.07, 6.45) is 1.66. The first-order chi connectivity index (χ1) is 16.3. The second-order valence-electron chi connectivity index (χ2n) is 7.41. The molecule has 0 amide bonds. The highest BCUT2D eigenvalue weighted by Gasteiger charge is 2.25. The number of hydrogen-bond donors (Lipinski definition) is 2. The van der Waals surface area contributed by atoms with Crippen molar-refractivity contribution in [1.29, 1.82) is 0 Å². The minimum Gasteiger partial charge on any atom is -0.506 e. The highest BCUT2D eigenvalue weighted by molar-refractivity contribution is 7.99. The van der Waals surface area contributed by atoms with E-state index in [1.807, 2.05) is 30.3 Å². The molecule has 0 atom stereocenters. The Morgan fingerprint density at radius 3 is 2.26 bits per heavy atom.